The molecule has 1 aliphatic heterocycles. The van der Waals surface area contributed by atoms with Gasteiger partial charge in [0, 0.05) is 43.0 Å². The van der Waals surface area contributed by atoms with E-state index < -0.39 is 23.8 Å². The first-order valence-corrected chi connectivity index (χ1v) is 11.7. The van der Waals surface area contributed by atoms with Gasteiger partial charge in [0.05, 0.1) is 11.7 Å². The van der Waals surface area contributed by atoms with E-state index in [1.807, 2.05) is 7.05 Å². The molecule has 2 atom stereocenters. The van der Waals surface area contributed by atoms with E-state index >= 15 is 0 Å². The Bertz CT molecular complexity index is 971. The standard InChI is InChI=1S/C24H30F3N3O4/c1-30(18-9-11-33-12-10-18)14-20-21(23(32)28-17-3-2-4-19(31)13-17)29-34-22(20)15-5-7-16(8-6-15)24(25,26)27/h5-8,17-19,31H,2-4,9-14H2,1H3,(H,28,32)/t17-,19+/m1/s1. The largest absolute Gasteiger partial charge is 0.416 e. The molecule has 2 heterocycles. The molecule has 4 rings (SSSR count). The highest BCUT2D eigenvalue weighted by Gasteiger charge is 2.32. The van der Waals surface area contributed by atoms with Crippen LogP contribution < -0.4 is 5.32 Å². The Hall–Kier alpha value is -2.43. The van der Waals surface area contributed by atoms with Gasteiger partial charge in [-0.15, -0.1) is 0 Å². The lowest BCUT2D eigenvalue weighted by atomic mass is 9.93. The molecule has 0 radical (unpaired) electrons. The monoisotopic (exact) mass is 481 g/mol. The van der Waals surface area contributed by atoms with Crippen LogP contribution in [-0.2, 0) is 17.5 Å². The molecular formula is C24H30F3N3O4. The van der Waals surface area contributed by atoms with Crippen molar-refractivity contribution >= 4 is 5.91 Å². The van der Waals surface area contributed by atoms with Gasteiger partial charge in [-0.2, -0.15) is 13.2 Å². The number of benzene rings is 1. The fourth-order valence-corrected chi connectivity index (χ4v) is 4.72. The van der Waals surface area contributed by atoms with Crippen LogP contribution in [0, 0.1) is 0 Å². The van der Waals surface area contributed by atoms with Gasteiger partial charge in [0.2, 0.25) is 0 Å². The quantitative estimate of drug-likeness (QED) is 0.649. The maximum absolute atomic E-state index is 13.1. The first kappa shape index (κ1) is 24.7. The molecular weight excluding hydrogens is 451 g/mol. The molecule has 34 heavy (non-hydrogen) atoms. The van der Waals surface area contributed by atoms with Crippen LogP contribution in [0.2, 0.25) is 0 Å². The van der Waals surface area contributed by atoms with E-state index in [-0.39, 0.29) is 23.5 Å². The fourth-order valence-electron chi connectivity index (χ4n) is 4.72. The first-order chi connectivity index (χ1) is 16.2. The van der Waals surface area contributed by atoms with Crippen molar-refractivity contribution < 1.29 is 32.3 Å². The number of hydrogen-bond donors (Lipinski definition) is 2. The van der Waals surface area contributed by atoms with Crippen LogP contribution in [-0.4, -0.2) is 59.5 Å². The lowest BCUT2D eigenvalue weighted by Gasteiger charge is -2.31. The predicted octanol–water partition coefficient (Wildman–Crippen LogP) is 4.00. The lowest BCUT2D eigenvalue weighted by Crippen LogP contribution is -2.40. The summed E-state index contributed by atoms with van der Waals surface area (Å²) in [4.78, 5) is 15.2. The Balaban J connectivity index is 1.61. The van der Waals surface area contributed by atoms with Crippen LogP contribution in [0.1, 0.15) is 60.1 Å². The highest BCUT2D eigenvalue weighted by molar-refractivity contribution is 5.95. The molecule has 1 saturated heterocycles. The summed E-state index contributed by atoms with van der Waals surface area (Å²) in [6.07, 6.45) is -0.412. The molecule has 7 nitrogen and oxygen atoms in total. The van der Waals surface area contributed by atoms with Crippen LogP contribution in [0.15, 0.2) is 28.8 Å². The fraction of sp³-hybridized carbons (Fsp3) is 0.583. The average molecular weight is 482 g/mol. The first-order valence-electron chi connectivity index (χ1n) is 11.7. The Morgan fingerprint density at radius 3 is 2.53 bits per heavy atom. The minimum Gasteiger partial charge on any atom is -0.393 e. The summed E-state index contributed by atoms with van der Waals surface area (Å²) >= 11 is 0. The summed E-state index contributed by atoms with van der Waals surface area (Å²) < 4.78 is 50.0. The number of rotatable bonds is 6. The van der Waals surface area contributed by atoms with E-state index in [0.717, 1.165) is 44.2 Å². The SMILES string of the molecule is CN(Cc1c(C(=O)N[C@@H]2CCC[C@H](O)C2)noc1-c1ccc(C(F)(F)F)cc1)C1CCOCC1. The maximum atomic E-state index is 13.1. The van der Waals surface area contributed by atoms with E-state index in [2.05, 4.69) is 15.4 Å². The van der Waals surface area contributed by atoms with Gasteiger partial charge < -0.3 is 19.7 Å². The van der Waals surface area contributed by atoms with Gasteiger partial charge in [0.15, 0.2) is 11.5 Å². The lowest BCUT2D eigenvalue weighted by molar-refractivity contribution is -0.137. The molecule has 1 aliphatic carbocycles. The van der Waals surface area contributed by atoms with Crippen molar-refractivity contribution in [1.82, 2.24) is 15.4 Å². The number of ether oxygens (including phenoxy) is 1. The third-order valence-electron chi connectivity index (χ3n) is 6.68. The Morgan fingerprint density at radius 1 is 1.18 bits per heavy atom. The van der Waals surface area contributed by atoms with E-state index in [4.69, 9.17) is 9.26 Å². The van der Waals surface area contributed by atoms with E-state index in [1.54, 1.807) is 0 Å². The van der Waals surface area contributed by atoms with Crippen LogP contribution in [0.3, 0.4) is 0 Å². The van der Waals surface area contributed by atoms with Crippen molar-refractivity contribution in [3.63, 3.8) is 0 Å². The zero-order valence-electron chi connectivity index (χ0n) is 19.1. The number of hydrogen-bond acceptors (Lipinski definition) is 6. The molecule has 10 heteroatoms. The summed E-state index contributed by atoms with van der Waals surface area (Å²) in [5, 5.41) is 16.9. The zero-order chi connectivity index (χ0) is 24.3. The van der Waals surface area contributed by atoms with E-state index in [9.17, 15) is 23.1 Å². The van der Waals surface area contributed by atoms with Crippen LogP contribution in [0.25, 0.3) is 11.3 Å². The van der Waals surface area contributed by atoms with Crippen LogP contribution >= 0.6 is 0 Å². The summed E-state index contributed by atoms with van der Waals surface area (Å²) in [6.45, 7) is 1.66. The van der Waals surface area contributed by atoms with Crippen molar-refractivity contribution in [2.75, 3.05) is 20.3 Å². The Kier molecular flexibility index (Phi) is 7.59. The number of aliphatic hydroxyl groups is 1. The average Bonchev–Trinajstić information content (AvgIpc) is 3.22. The topological polar surface area (TPSA) is 87.8 Å². The highest BCUT2D eigenvalue weighted by atomic mass is 19.4. The second-order valence-electron chi connectivity index (χ2n) is 9.16. The normalized spacial score (nSPS) is 22.2. The molecule has 2 aliphatic rings. The number of halogens is 3. The maximum Gasteiger partial charge on any atom is 0.416 e. The van der Waals surface area contributed by atoms with Gasteiger partial charge in [-0.25, -0.2) is 0 Å². The van der Waals surface area contributed by atoms with Gasteiger partial charge in [0.25, 0.3) is 5.91 Å². The zero-order valence-corrected chi connectivity index (χ0v) is 19.1. The molecule has 1 aromatic heterocycles. The predicted molar refractivity (Wildman–Crippen MR) is 118 cm³/mol. The molecule has 0 unspecified atom stereocenters. The summed E-state index contributed by atoms with van der Waals surface area (Å²) in [6, 6.07) is 4.73. The van der Waals surface area contributed by atoms with Crippen molar-refractivity contribution in [3.05, 3.63) is 41.1 Å². The molecule has 0 spiro atoms. The Labute approximate surface area is 196 Å². The number of carbonyl (C=O) groups excluding carboxylic acids is 1. The molecule has 1 aromatic carbocycles. The second kappa shape index (κ2) is 10.5. The van der Waals surface area contributed by atoms with Crippen LogP contribution in [0.4, 0.5) is 13.2 Å². The van der Waals surface area contributed by atoms with Gasteiger partial charge in [0.1, 0.15) is 0 Å². The number of nitrogens with one attached hydrogen (secondary N) is 1. The molecule has 2 fully saturated rings. The van der Waals surface area contributed by atoms with E-state index in [0.29, 0.717) is 37.3 Å². The van der Waals surface area contributed by atoms with Crippen molar-refractivity contribution in [2.24, 2.45) is 0 Å². The Morgan fingerprint density at radius 2 is 1.88 bits per heavy atom. The van der Waals surface area contributed by atoms with Crippen molar-refractivity contribution in [2.45, 2.75) is 69.4 Å². The van der Waals surface area contributed by atoms with Gasteiger partial charge >= 0.3 is 6.18 Å². The molecule has 1 saturated carbocycles. The van der Waals surface area contributed by atoms with Gasteiger partial charge in [-0.3, -0.25) is 9.69 Å². The smallest absolute Gasteiger partial charge is 0.393 e. The number of aliphatic hydroxyl groups excluding tert-OH is 1. The van der Waals surface area contributed by atoms with Crippen molar-refractivity contribution in [3.8, 4) is 11.3 Å². The van der Waals surface area contributed by atoms with Gasteiger partial charge in [-0.05, 0) is 57.7 Å². The number of aromatic nitrogens is 1. The molecule has 186 valence electrons. The summed E-state index contributed by atoms with van der Waals surface area (Å²) in [7, 11) is 1.94. The minimum absolute atomic E-state index is 0.119. The number of carbonyl (C=O) groups is 1. The molecule has 2 aromatic rings. The highest BCUT2D eigenvalue weighted by Crippen LogP contribution is 2.33. The third-order valence-corrected chi connectivity index (χ3v) is 6.68. The van der Waals surface area contributed by atoms with E-state index in [1.165, 1.54) is 12.1 Å². The summed E-state index contributed by atoms with van der Waals surface area (Å²) in [5.41, 5.74) is 0.310. The van der Waals surface area contributed by atoms with Crippen molar-refractivity contribution in [1.29, 1.82) is 0 Å². The summed E-state index contributed by atoms with van der Waals surface area (Å²) in [5.74, 6) is -0.127. The van der Waals surface area contributed by atoms with Crippen LogP contribution in [0.5, 0.6) is 0 Å². The molecule has 2 N–H and O–H groups in total. The number of amides is 1. The second-order valence-corrected chi connectivity index (χ2v) is 9.16. The number of nitrogens with zero attached hydrogens (tertiary/aromatic N) is 2. The molecule has 0 bridgehead atoms. The third kappa shape index (κ3) is 5.79. The minimum atomic E-state index is -4.44. The molecule has 1 amide bonds. The number of alkyl halides is 3. The van der Waals surface area contributed by atoms with Gasteiger partial charge in [-0.1, -0.05) is 17.3 Å².